The van der Waals surface area contributed by atoms with Gasteiger partial charge in [0.1, 0.15) is 6.42 Å². The van der Waals surface area contributed by atoms with Crippen LogP contribution in [0.1, 0.15) is 30.0 Å². The Kier molecular flexibility index (Phi) is 5.92. The fraction of sp³-hybridized carbons (Fsp3) is 0.263. The lowest BCUT2D eigenvalue weighted by Gasteiger charge is -2.10. The molecule has 2 aromatic carbocycles. The second-order valence-corrected chi connectivity index (χ2v) is 5.50. The Morgan fingerprint density at radius 1 is 0.957 bits per heavy atom. The molecular weight excluding hydrogens is 288 g/mol. The second kappa shape index (κ2) is 8.13. The van der Waals surface area contributed by atoms with E-state index in [1.165, 1.54) is 5.56 Å². The number of carbonyl (C=O) groups excluding carboxylic acids is 2. The number of nitrogens with one attached hydrogen (secondary N) is 2. The van der Waals surface area contributed by atoms with Crippen LogP contribution in [-0.4, -0.2) is 11.8 Å². The molecule has 0 spiro atoms. The van der Waals surface area contributed by atoms with Gasteiger partial charge in [0, 0.05) is 12.2 Å². The maximum atomic E-state index is 12.0. The Balaban J connectivity index is 1.82. The molecule has 0 aliphatic heterocycles. The highest BCUT2D eigenvalue weighted by atomic mass is 16.2. The first-order valence-electron chi connectivity index (χ1n) is 7.78. The molecule has 0 atom stereocenters. The van der Waals surface area contributed by atoms with Gasteiger partial charge in [0.2, 0.25) is 11.8 Å². The number of rotatable bonds is 6. The summed E-state index contributed by atoms with van der Waals surface area (Å²) in [7, 11) is 0. The maximum absolute atomic E-state index is 12.0. The Bertz CT molecular complexity index is 678. The van der Waals surface area contributed by atoms with Gasteiger partial charge in [-0.25, -0.2) is 0 Å². The fourth-order valence-corrected chi connectivity index (χ4v) is 2.26. The van der Waals surface area contributed by atoms with Crippen LogP contribution in [0.4, 0.5) is 5.69 Å². The average Bonchev–Trinajstić information content (AvgIpc) is 2.54. The van der Waals surface area contributed by atoms with Crippen molar-refractivity contribution in [2.75, 3.05) is 5.32 Å². The largest absolute Gasteiger partial charge is 0.352 e. The number of carbonyl (C=O) groups is 2. The minimum Gasteiger partial charge on any atom is -0.352 e. The van der Waals surface area contributed by atoms with Crippen LogP contribution in [0.2, 0.25) is 0 Å². The van der Waals surface area contributed by atoms with Gasteiger partial charge in [-0.05, 0) is 30.5 Å². The van der Waals surface area contributed by atoms with Crippen LogP contribution < -0.4 is 10.6 Å². The van der Waals surface area contributed by atoms with E-state index >= 15 is 0 Å². The molecule has 0 saturated carbocycles. The van der Waals surface area contributed by atoms with E-state index in [2.05, 4.69) is 10.6 Å². The molecule has 2 rings (SSSR count). The molecule has 0 bridgehead atoms. The Labute approximate surface area is 136 Å². The van der Waals surface area contributed by atoms with Crippen molar-refractivity contribution in [1.82, 2.24) is 5.32 Å². The molecular formula is C19H22N2O2. The monoisotopic (exact) mass is 310 g/mol. The van der Waals surface area contributed by atoms with E-state index in [9.17, 15) is 9.59 Å². The summed E-state index contributed by atoms with van der Waals surface area (Å²) in [6.45, 7) is 4.47. The zero-order valence-electron chi connectivity index (χ0n) is 13.6. The van der Waals surface area contributed by atoms with Crippen LogP contribution in [-0.2, 0) is 22.6 Å². The standard InChI is InChI=1S/C19H22N2O2/c1-3-16-6-4-5-7-17(16)21-19(23)12-18(22)20-13-15-10-8-14(2)9-11-15/h4-11H,3,12-13H2,1-2H3,(H,20,22)(H,21,23). The topological polar surface area (TPSA) is 58.2 Å². The second-order valence-electron chi connectivity index (χ2n) is 5.50. The summed E-state index contributed by atoms with van der Waals surface area (Å²) in [5.41, 5.74) is 4.02. The van der Waals surface area contributed by atoms with Gasteiger partial charge >= 0.3 is 0 Å². The van der Waals surface area contributed by atoms with E-state index in [1.807, 2.05) is 62.4 Å². The van der Waals surface area contributed by atoms with Gasteiger partial charge in [-0.15, -0.1) is 0 Å². The summed E-state index contributed by atoms with van der Waals surface area (Å²) in [5.74, 6) is -0.579. The Morgan fingerprint density at radius 3 is 2.35 bits per heavy atom. The molecule has 23 heavy (non-hydrogen) atoms. The molecule has 2 amide bonds. The van der Waals surface area contributed by atoms with Gasteiger partial charge in [-0.2, -0.15) is 0 Å². The van der Waals surface area contributed by atoms with Gasteiger partial charge in [-0.1, -0.05) is 55.0 Å². The number of aryl methyl sites for hydroxylation is 2. The zero-order valence-corrected chi connectivity index (χ0v) is 13.6. The third-order valence-electron chi connectivity index (χ3n) is 3.60. The first-order chi connectivity index (χ1) is 11.1. The molecule has 4 nitrogen and oxygen atoms in total. The van der Waals surface area contributed by atoms with Crippen LogP contribution in [0.3, 0.4) is 0 Å². The SMILES string of the molecule is CCc1ccccc1NC(=O)CC(=O)NCc1ccc(C)cc1. The van der Waals surface area contributed by atoms with E-state index in [1.54, 1.807) is 0 Å². The van der Waals surface area contributed by atoms with Crippen molar-refractivity contribution in [3.63, 3.8) is 0 Å². The molecule has 0 radical (unpaired) electrons. The van der Waals surface area contributed by atoms with Crippen molar-refractivity contribution in [1.29, 1.82) is 0 Å². The quantitative estimate of drug-likeness (QED) is 0.805. The molecule has 2 aromatic rings. The summed E-state index contributed by atoms with van der Waals surface area (Å²) in [6.07, 6.45) is 0.653. The number of amides is 2. The van der Waals surface area contributed by atoms with Gasteiger partial charge < -0.3 is 10.6 Å². The fourth-order valence-electron chi connectivity index (χ4n) is 2.26. The van der Waals surface area contributed by atoms with Crippen LogP contribution in [0.15, 0.2) is 48.5 Å². The van der Waals surface area contributed by atoms with Crippen molar-refractivity contribution in [3.8, 4) is 0 Å². The van der Waals surface area contributed by atoms with Crippen molar-refractivity contribution in [3.05, 3.63) is 65.2 Å². The number of para-hydroxylation sites is 1. The van der Waals surface area contributed by atoms with Gasteiger partial charge in [0.15, 0.2) is 0 Å². The smallest absolute Gasteiger partial charge is 0.233 e. The molecule has 4 heteroatoms. The molecule has 0 aliphatic rings. The van der Waals surface area contributed by atoms with Crippen LogP contribution in [0.5, 0.6) is 0 Å². The van der Waals surface area contributed by atoms with Crippen molar-refractivity contribution in [2.45, 2.75) is 33.2 Å². The van der Waals surface area contributed by atoms with Gasteiger partial charge in [0.25, 0.3) is 0 Å². The summed E-state index contributed by atoms with van der Waals surface area (Å²) in [4.78, 5) is 23.8. The lowest BCUT2D eigenvalue weighted by Crippen LogP contribution is -2.27. The minimum atomic E-state index is -0.299. The van der Waals surface area contributed by atoms with Gasteiger partial charge in [0.05, 0.1) is 0 Å². The summed E-state index contributed by atoms with van der Waals surface area (Å²) >= 11 is 0. The summed E-state index contributed by atoms with van der Waals surface area (Å²) < 4.78 is 0. The number of hydrogen-bond donors (Lipinski definition) is 2. The molecule has 0 saturated heterocycles. The third-order valence-corrected chi connectivity index (χ3v) is 3.60. The predicted octanol–water partition coefficient (Wildman–Crippen LogP) is 3.20. The minimum absolute atomic E-state index is 0.177. The van der Waals surface area contributed by atoms with E-state index < -0.39 is 0 Å². The summed E-state index contributed by atoms with van der Waals surface area (Å²) in [6, 6.07) is 15.5. The van der Waals surface area contributed by atoms with E-state index in [0.29, 0.717) is 6.54 Å². The van der Waals surface area contributed by atoms with Crippen LogP contribution in [0.25, 0.3) is 0 Å². The molecule has 2 N–H and O–H groups in total. The zero-order chi connectivity index (χ0) is 16.7. The number of anilines is 1. The van der Waals surface area contributed by atoms with Crippen molar-refractivity contribution < 1.29 is 9.59 Å². The molecule has 0 aliphatic carbocycles. The van der Waals surface area contributed by atoms with Crippen molar-refractivity contribution in [2.24, 2.45) is 0 Å². The Hall–Kier alpha value is -2.62. The molecule has 0 fully saturated rings. The highest BCUT2D eigenvalue weighted by Gasteiger charge is 2.10. The lowest BCUT2D eigenvalue weighted by atomic mass is 10.1. The molecule has 0 unspecified atom stereocenters. The number of hydrogen-bond acceptors (Lipinski definition) is 2. The highest BCUT2D eigenvalue weighted by molar-refractivity contribution is 6.03. The van der Waals surface area contributed by atoms with Crippen LogP contribution >= 0.6 is 0 Å². The molecule has 120 valence electrons. The predicted molar refractivity (Wildman–Crippen MR) is 92.1 cm³/mol. The van der Waals surface area contributed by atoms with Crippen LogP contribution in [0, 0.1) is 6.92 Å². The van der Waals surface area contributed by atoms with Crippen molar-refractivity contribution >= 4 is 17.5 Å². The van der Waals surface area contributed by atoms with E-state index in [-0.39, 0.29) is 18.2 Å². The van der Waals surface area contributed by atoms with E-state index in [0.717, 1.165) is 23.2 Å². The number of benzene rings is 2. The summed E-state index contributed by atoms with van der Waals surface area (Å²) in [5, 5.41) is 5.56. The Morgan fingerprint density at radius 2 is 1.65 bits per heavy atom. The highest BCUT2D eigenvalue weighted by Crippen LogP contribution is 2.15. The van der Waals surface area contributed by atoms with E-state index in [4.69, 9.17) is 0 Å². The first kappa shape index (κ1) is 16.7. The normalized spacial score (nSPS) is 10.2. The first-order valence-corrected chi connectivity index (χ1v) is 7.78. The molecule has 0 heterocycles. The maximum Gasteiger partial charge on any atom is 0.233 e. The third kappa shape index (κ3) is 5.25. The molecule has 0 aromatic heterocycles. The van der Waals surface area contributed by atoms with Gasteiger partial charge in [-0.3, -0.25) is 9.59 Å². The lowest BCUT2D eigenvalue weighted by molar-refractivity contribution is -0.126. The average molecular weight is 310 g/mol.